The SMILES string of the molecule is Cc1cnc(CC2(C(C)N)CC2)c(C)c1[N+](=O)[O-]. The zero-order valence-corrected chi connectivity index (χ0v) is 11.1. The summed E-state index contributed by atoms with van der Waals surface area (Å²) >= 11 is 0. The van der Waals surface area contributed by atoms with Crippen LogP contribution in [0, 0.1) is 29.4 Å². The lowest BCUT2D eigenvalue weighted by Crippen LogP contribution is -2.30. The molecule has 1 aliphatic carbocycles. The van der Waals surface area contributed by atoms with Gasteiger partial charge in [0.15, 0.2) is 0 Å². The van der Waals surface area contributed by atoms with E-state index in [2.05, 4.69) is 4.98 Å². The van der Waals surface area contributed by atoms with E-state index in [1.54, 1.807) is 20.0 Å². The molecular formula is C13H19N3O2. The number of aromatic nitrogens is 1. The highest BCUT2D eigenvalue weighted by molar-refractivity contribution is 5.47. The van der Waals surface area contributed by atoms with Crippen LogP contribution in [0.4, 0.5) is 5.69 Å². The molecule has 18 heavy (non-hydrogen) atoms. The van der Waals surface area contributed by atoms with Gasteiger partial charge in [-0.3, -0.25) is 15.1 Å². The number of aryl methyl sites for hydroxylation is 1. The summed E-state index contributed by atoms with van der Waals surface area (Å²) in [6.45, 7) is 5.51. The quantitative estimate of drug-likeness (QED) is 0.655. The van der Waals surface area contributed by atoms with Gasteiger partial charge in [-0.15, -0.1) is 0 Å². The van der Waals surface area contributed by atoms with E-state index in [1.807, 2.05) is 6.92 Å². The Labute approximate surface area is 107 Å². The number of nitrogens with zero attached hydrogens (tertiary/aromatic N) is 2. The number of rotatable bonds is 4. The van der Waals surface area contributed by atoms with Crippen LogP contribution in [0.2, 0.25) is 0 Å². The second kappa shape index (κ2) is 4.31. The van der Waals surface area contributed by atoms with Crippen LogP contribution in [0.15, 0.2) is 6.20 Å². The Hall–Kier alpha value is -1.49. The summed E-state index contributed by atoms with van der Waals surface area (Å²) in [5.41, 5.74) is 8.43. The van der Waals surface area contributed by atoms with Crippen molar-refractivity contribution in [3.63, 3.8) is 0 Å². The molecule has 0 saturated heterocycles. The first kappa shape index (κ1) is 13.0. The minimum atomic E-state index is -0.318. The second-order valence-electron chi connectivity index (χ2n) is 5.45. The van der Waals surface area contributed by atoms with Gasteiger partial charge in [-0.2, -0.15) is 0 Å². The lowest BCUT2D eigenvalue weighted by molar-refractivity contribution is -0.386. The van der Waals surface area contributed by atoms with Crippen LogP contribution in [0.25, 0.3) is 0 Å². The maximum atomic E-state index is 11.1. The van der Waals surface area contributed by atoms with E-state index in [-0.39, 0.29) is 22.1 Å². The molecule has 0 aromatic carbocycles. The van der Waals surface area contributed by atoms with Gasteiger partial charge in [0.2, 0.25) is 0 Å². The van der Waals surface area contributed by atoms with E-state index < -0.39 is 0 Å². The maximum absolute atomic E-state index is 11.1. The van der Waals surface area contributed by atoms with Gasteiger partial charge in [-0.1, -0.05) is 0 Å². The number of hydrogen-bond donors (Lipinski definition) is 1. The number of nitro groups is 1. The van der Waals surface area contributed by atoms with Crippen LogP contribution < -0.4 is 5.73 Å². The molecule has 1 saturated carbocycles. The molecule has 1 aliphatic rings. The van der Waals surface area contributed by atoms with Gasteiger partial charge in [-0.25, -0.2) is 0 Å². The zero-order chi connectivity index (χ0) is 13.5. The maximum Gasteiger partial charge on any atom is 0.278 e. The third-order valence-corrected chi connectivity index (χ3v) is 4.14. The molecule has 5 heteroatoms. The lowest BCUT2D eigenvalue weighted by Gasteiger charge is -2.20. The van der Waals surface area contributed by atoms with Crippen LogP contribution in [-0.2, 0) is 6.42 Å². The first-order valence-electron chi connectivity index (χ1n) is 6.22. The molecule has 1 fully saturated rings. The molecule has 1 heterocycles. The van der Waals surface area contributed by atoms with Crippen molar-refractivity contribution in [1.82, 2.24) is 4.98 Å². The fourth-order valence-electron chi connectivity index (χ4n) is 2.51. The summed E-state index contributed by atoms with van der Waals surface area (Å²) in [4.78, 5) is 15.1. The lowest BCUT2D eigenvalue weighted by atomic mass is 9.90. The molecule has 98 valence electrons. The average Bonchev–Trinajstić information content (AvgIpc) is 3.03. The van der Waals surface area contributed by atoms with Crippen molar-refractivity contribution >= 4 is 5.69 Å². The Morgan fingerprint density at radius 2 is 2.17 bits per heavy atom. The van der Waals surface area contributed by atoms with Crippen molar-refractivity contribution in [2.45, 2.75) is 46.1 Å². The van der Waals surface area contributed by atoms with Crippen LogP contribution in [0.3, 0.4) is 0 Å². The molecule has 0 bridgehead atoms. The molecule has 1 aromatic rings. The normalized spacial score (nSPS) is 18.4. The Kier molecular flexibility index (Phi) is 3.11. The highest BCUT2D eigenvalue weighted by Gasteiger charge is 2.46. The molecule has 0 amide bonds. The van der Waals surface area contributed by atoms with Gasteiger partial charge in [0.05, 0.1) is 10.6 Å². The van der Waals surface area contributed by atoms with Crippen LogP contribution in [0.1, 0.15) is 36.6 Å². The van der Waals surface area contributed by atoms with E-state index in [1.165, 1.54) is 0 Å². The van der Waals surface area contributed by atoms with Crippen LogP contribution in [0.5, 0.6) is 0 Å². The predicted molar refractivity (Wildman–Crippen MR) is 69.4 cm³/mol. The third-order valence-electron chi connectivity index (χ3n) is 4.14. The van der Waals surface area contributed by atoms with Crippen molar-refractivity contribution in [2.24, 2.45) is 11.1 Å². The van der Waals surface area contributed by atoms with Gasteiger partial charge in [0.1, 0.15) is 0 Å². The Morgan fingerprint density at radius 1 is 1.56 bits per heavy atom. The molecule has 2 rings (SSSR count). The molecule has 2 N–H and O–H groups in total. The van der Waals surface area contributed by atoms with Crippen molar-refractivity contribution in [1.29, 1.82) is 0 Å². The molecular weight excluding hydrogens is 230 g/mol. The minimum Gasteiger partial charge on any atom is -0.327 e. The first-order valence-corrected chi connectivity index (χ1v) is 6.22. The molecule has 0 aliphatic heterocycles. The highest BCUT2D eigenvalue weighted by Crippen LogP contribution is 2.50. The van der Waals surface area contributed by atoms with Crippen LogP contribution >= 0.6 is 0 Å². The molecule has 0 radical (unpaired) electrons. The van der Waals surface area contributed by atoms with E-state index in [9.17, 15) is 10.1 Å². The van der Waals surface area contributed by atoms with E-state index >= 15 is 0 Å². The van der Waals surface area contributed by atoms with E-state index in [0.29, 0.717) is 11.1 Å². The van der Waals surface area contributed by atoms with Crippen molar-refractivity contribution < 1.29 is 4.92 Å². The molecule has 1 atom stereocenters. The molecule has 0 spiro atoms. The van der Waals surface area contributed by atoms with Crippen molar-refractivity contribution in [3.8, 4) is 0 Å². The third kappa shape index (κ3) is 2.10. The second-order valence-corrected chi connectivity index (χ2v) is 5.45. The molecule has 1 unspecified atom stereocenters. The summed E-state index contributed by atoms with van der Waals surface area (Å²) in [7, 11) is 0. The molecule has 1 aromatic heterocycles. The van der Waals surface area contributed by atoms with Crippen LogP contribution in [-0.4, -0.2) is 15.9 Å². The zero-order valence-electron chi connectivity index (χ0n) is 11.1. The smallest absolute Gasteiger partial charge is 0.278 e. The largest absolute Gasteiger partial charge is 0.327 e. The van der Waals surface area contributed by atoms with Gasteiger partial charge < -0.3 is 5.73 Å². The van der Waals surface area contributed by atoms with Gasteiger partial charge in [0, 0.05) is 23.4 Å². The standard InChI is InChI=1S/C13H19N3O2/c1-8-7-15-11(9(2)12(8)16(17)18)6-13(4-5-13)10(3)14/h7,10H,4-6,14H2,1-3H3. The first-order chi connectivity index (χ1) is 8.37. The van der Waals surface area contributed by atoms with Crippen molar-refractivity contribution in [2.75, 3.05) is 0 Å². The monoisotopic (exact) mass is 249 g/mol. The summed E-state index contributed by atoms with van der Waals surface area (Å²) in [5, 5.41) is 11.1. The highest BCUT2D eigenvalue weighted by atomic mass is 16.6. The Balaban J connectivity index is 2.36. The topological polar surface area (TPSA) is 82.0 Å². The predicted octanol–water partition coefficient (Wildman–Crippen LogP) is 2.28. The summed E-state index contributed by atoms with van der Waals surface area (Å²) in [5.74, 6) is 0. The van der Waals surface area contributed by atoms with Gasteiger partial charge in [0.25, 0.3) is 5.69 Å². The summed E-state index contributed by atoms with van der Waals surface area (Å²) in [6.07, 6.45) is 4.52. The summed E-state index contributed by atoms with van der Waals surface area (Å²) in [6, 6.07) is 0.110. The Bertz CT molecular complexity index is 493. The fraction of sp³-hybridized carbons (Fsp3) is 0.615. The van der Waals surface area contributed by atoms with Gasteiger partial charge >= 0.3 is 0 Å². The van der Waals surface area contributed by atoms with E-state index in [4.69, 9.17) is 5.73 Å². The number of pyridine rings is 1. The average molecular weight is 249 g/mol. The number of hydrogen-bond acceptors (Lipinski definition) is 4. The summed E-state index contributed by atoms with van der Waals surface area (Å²) < 4.78 is 0. The van der Waals surface area contributed by atoms with E-state index in [0.717, 1.165) is 25.0 Å². The number of nitrogens with two attached hydrogens (primary N) is 1. The minimum absolute atomic E-state index is 0.110. The Morgan fingerprint density at radius 3 is 2.61 bits per heavy atom. The van der Waals surface area contributed by atoms with Gasteiger partial charge in [-0.05, 0) is 45.4 Å². The molecule has 5 nitrogen and oxygen atoms in total. The fourth-order valence-corrected chi connectivity index (χ4v) is 2.51. The van der Waals surface area contributed by atoms with Crippen molar-refractivity contribution in [3.05, 3.63) is 33.1 Å².